The second-order valence-corrected chi connectivity index (χ2v) is 5.21. The van der Waals surface area contributed by atoms with E-state index in [4.69, 9.17) is 18.9 Å². The molecule has 0 aliphatic carbocycles. The fraction of sp³-hybridized carbons (Fsp3) is 0.250. The standard InChI is InChI=1S/C20H22O5/c1-22-16-13-18(23-2)17(19(14-16)24-3)9-10-20(21)25-12-11-15-7-5-4-6-8-15/h4-8,11-14H,9-10H2,1-3H3. The summed E-state index contributed by atoms with van der Waals surface area (Å²) < 4.78 is 21.1. The van der Waals surface area contributed by atoms with E-state index in [-0.39, 0.29) is 12.4 Å². The van der Waals surface area contributed by atoms with Crippen molar-refractivity contribution in [2.24, 2.45) is 0 Å². The zero-order valence-electron chi connectivity index (χ0n) is 14.7. The Morgan fingerprint density at radius 2 is 1.60 bits per heavy atom. The summed E-state index contributed by atoms with van der Waals surface area (Å²) in [7, 11) is 4.71. The molecule has 0 bridgehead atoms. The van der Waals surface area contributed by atoms with Gasteiger partial charge in [0.05, 0.1) is 34.0 Å². The van der Waals surface area contributed by atoms with Gasteiger partial charge in [-0.3, -0.25) is 4.79 Å². The van der Waals surface area contributed by atoms with E-state index in [2.05, 4.69) is 0 Å². The van der Waals surface area contributed by atoms with E-state index in [0.717, 1.165) is 11.1 Å². The fourth-order valence-corrected chi connectivity index (χ4v) is 2.36. The van der Waals surface area contributed by atoms with Crippen LogP contribution in [0.1, 0.15) is 17.5 Å². The van der Waals surface area contributed by atoms with Gasteiger partial charge in [0.15, 0.2) is 0 Å². The monoisotopic (exact) mass is 342 g/mol. The lowest BCUT2D eigenvalue weighted by molar-refractivity contribution is -0.137. The molecule has 0 saturated heterocycles. The first kappa shape index (κ1) is 18.4. The van der Waals surface area contributed by atoms with Crippen LogP contribution in [-0.4, -0.2) is 27.3 Å². The summed E-state index contributed by atoms with van der Waals surface area (Å²) in [5, 5.41) is 0. The van der Waals surface area contributed by atoms with Crippen molar-refractivity contribution < 1.29 is 23.7 Å². The van der Waals surface area contributed by atoms with Crippen molar-refractivity contribution in [2.75, 3.05) is 21.3 Å². The topological polar surface area (TPSA) is 54.0 Å². The number of ether oxygens (including phenoxy) is 4. The third-order valence-electron chi connectivity index (χ3n) is 3.66. The molecule has 0 N–H and O–H groups in total. The fourth-order valence-electron chi connectivity index (χ4n) is 2.36. The molecule has 0 aliphatic rings. The van der Waals surface area contributed by atoms with Crippen LogP contribution in [-0.2, 0) is 16.0 Å². The molecule has 25 heavy (non-hydrogen) atoms. The van der Waals surface area contributed by atoms with E-state index in [0.29, 0.717) is 23.7 Å². The van der Waals surface area contributed by atoms with E-state index in [1.165, 1.54) is 6.26 Å². The zero-order valence-corrected chi connectivity index (χ0v) is 14.7. The van der Waals surface area contributed by atoms with Crippen LogP contribution in [0.2, 0.25) is 0 Å². The Morgan fingerprint density at radius 1 is 0.960 bits per heavy atom. The molecule has 2 rings (SSSR count). The maximum absolute atomic E-state index is 11.9. The minimum absolute atomic E-state index is 0.207. The molecule has 0 aliphatic heterocycles. The Hall–Kier alpha value is -2.95. The van der Waals surface area contributed by atoms with Gasteiger partial charge in [0.1, 0.15) is 17.2 Å². The molecule has 2 aromatic carbocycles. The summed E-state index contributed by atoms with van der Waals surface area (Å²) in [5.74, 6) is 1.53. The second-order valence-electron chi connectivity index (χ2n) is 5.21. The Bertz CT molecular complexity index is 697. The average molecular weight is 342 g/mol. The molecule has 5 heteroatoms. The number of rotatable bonds is 8. The van der Waals surface area contributed by atoms with Gasteiger partial charge in [0.2, 0.25) is 0 Å². The normalized spacial score (nSPS) is 10.5. The van der Waals surface area contributed by atoms with Gasteiger partial charge in [-0.1, -0.05) is 30.3 Å². The summed E-state index contributed by atoms with van der Waals surface area (Å²) in [4.78, 5) is 11.9. The molecule has 5 nitrogen and oxygen atoms in total. The van der Waals surface area contributed by atoms with E-state index in [1.54, 1.807) is 39.5 Å². The van der Waals surface area contributed by atoms with Gasteiger partial charge in [0.25, 0.3) is 0 Å². The van der Waals surface area contributed by atoms with Gasteiger partial charge in [0, 0.05) is 17.7 Å². The molecule has 0 atom stereocenters. The third-order valence-corrected chi connectivity index (χ3v) is 3.66. The molecule has 132 valence electrons. The predicted octanol–water partition coefficient (Wildman–Crippen LogP) is 3.86. The molecule has 0 radical (unpaired) electrons. The number of benzene rings is 2. The van der Waals surface area contributed by atoms with Crippen molar-refractivity contribution >= 4 is 12.0 Å². The first-order valence-electron chi connectivity index (χ1n) is 7.88. The smallest absolute Gasteiger partial charge is 0.310 e. The van der Waals surface area contributed by atoms with Crippen LogP contribution in [0.3, 0.4) is 0 Å². The molecule has 0 aromatic heterocycles. The van der Waals surface area contributed by atoms with E-state index in [1.807, 2.05) is 30.3 Å². The second kappa shape index (κ2) is 9.37. The highest BCUT2D eigenvalue weighted by Crippen LogP contribution is 2.34. The number of carbonyl (C=O) groups is 1. The van der Waals surface area contributed by atoms with Crippen molar-refractivity contribution in [3.63, 3.8) is 0 Å². The van der Waals surface area contributed by atoms with Crippen LogP contribution < -0.4 is 14.2 Å². The van der Waals surface area contributed by atoms with E-state index >= 15 is 0 Å². The SMILES string of the molecule is COc1cc(OC)c(CCC(=O)OC=Cc2ccccc2)c(OC)c1. The first-order chi connectivity index (χ1) is 12.2. The Balaban J connectivity index is 1.98. The maximum Gasteiger partial charge on any atom is 0.310 e. The summed E-state index contributed by atoms with van der Waals surface area (Å²) in [6.45, 7) is 0. The number of esters is 1. The predicted molar refractivity (Wildman–Crippen MR) is 96.0 cm³/mol. The van der Waals surface area contributed by atoms with Crippen LogP contribution in [0.5, 0.6) is 17.2 Å². The number of methoxy groups -OCH3 is 3. The number of hydrogen-bond donors (Lipinski definition) is 0. The van der Waals surface area contributed by atoms with Crippen LogP contribution in [0, 0.1) is 0 Å². The van der Waals surface area contributed by atoms with Crippen molar-refractivity contribution in [3.8, 4) is 17.2 Å². The van der Waals surface area contributed by atoms with Gasteiger partial charge in [-0.15, -0.1) is 0 Å². The van der Waals surface area contributed by atoms with Gasteiger partial charge < -0.3 is 18.9 Å². The molecule has 0 fully saturated rings. The lowest BCUT2D eigenvalue weighted by Gasteiger charge is -2.14. The molecular formula is C20H22O5. The Labute approximate surface area is 147 Å². The highest BCUT2D eigenvalue weighted by atomic mass is 16.5. The Kier molecular flexibility index (Phi) is 6.89. The summed E-state index contributed by atoms with van der Waals surface area (Å²) in [6, 6.07) is 13.2. The van der Waals surface area contributed by atoms with Crippen molar-refractivity contribution in [2.45, 2.75) is 12.8 Å². The minimum Gasteiger partial charge on any atom is -0.496 e. The first-order valence-corrected chi connectivity index (χ1v) is 7.88. The van der Waals surface area contributed by atoms with Crippen LogP contribution in [0.15, 0.2) is 48.7 Å². The highest BCUT2D eigenvalue weighted by molar-refractivity contribution is 5.71. The van der Waals surface area contributed by atoms with Gasteiger partial charge >= 0.3 is 5.97 Å². The van der Waals surface area contributed by atoms with Crippen molar-refractivity contribution in [1.29, 1.82) is 0 Å². The van der Waals surface area contributed by atoms with E-state index in [9.17, 15) is 4.79 Å². The maximum atomic E-state index is 11.9. The molecular weight excluding hydrogens is 320 g/mol. The lowest BCUT2D eigenvalue weighted by Crippen LogP contribution is -2.04. The summed E-state index contributed by atoms with van der Waals surface area (Å²) in [5.41, 5.74) is 1.77. The van der Waals surface area contributed by atoms with Crippen LogP contribution in [0.4, 0.5) is 0 Å². The molecule has 0 unspecified atom stereocenters. The average Bonchev–Trinajstić information content (AvgIpc) is 2.66. The molecule has 0 heterocycles. The Morgan fingerprint density at radius 3 is 2.16 bits per heavy atom. The highest BCUT2D eigenvalue weighted by Gasteiger charge is 2.15. The van der Waals surface area contributed by atoms with E-state index < -0.39 is 0 Å². The van der Waals surface area contributed by atoms with Gasteiger partial charge in [-0.2, -0.15) is 0 Å². The van der Waals surface area contributed by atoms with Crippen molar-refractivity contribution in [3.05, 3.63) is 59.9 Å². The molecule has 0 saturated carbocycles. The lowest BCUT2D eigenvalue weighted by atomic mass is 10.1. The molecule has 2 aromatic rings. The number of carbonyl (C=O) groups excluding carboxylic acids is 1. The van der Waals surface area contributed by atoms with Crippen LogP contribution in [0.25, 0.3) is 6.08 Å². The largest absolute Gasteiger partial charge is 0.496 e. The quantitative estimate of drug-likeness (QED) is 0.539. The summed E-state index contributed by atoms with van der Waals surface area (Å²) in [6.07, 6.45) is 3.79. The van der Waals surface area contributed by atoms with Crippen molar-refractivity contribution in [1.82, 2.24) is 0 Å². The minimum atomic E-state index is -0.327. The molecule has 0 amide bonds. The van der Waals surface area contributed by atoms with Gasteiger partial charge in [-0.25, -0.2) is 0 Å². The van der Waals surface area contributed by atoms with Gasteiger partial charge in [-0.05, 0) is 18.1 Å². The number of hydrogen-bond acceptors (Lipinski definition) is 5. The zero-order chi connectivity index (χ0) is 18.1. The summed E-state index contributed by atoms with van der Waals surface area (Å²) >= 11 is 0. The molecule has 0 spiro atoms. The van der Waals surface area contributed by atoms with Crippen LogP contribution >= 0.6 is 0 Å². The third kappa shape index (κ3) is 5.28.